The molecule has 0 bridgehead atoms. The number of likely N-dealkylation sites (N-methyl/N-ethyl adjacent to an activating group) is 1. The Morgan fingerprint density at radius 2 is 2.11 bits per heavy atom. The number of anilines is 1. The van der Waals surface area contributed by atoms with Gasteiger partial charge in [0.15, 0.2) is 0 Å². The van der Waals surface area contributed by atoms with Gasteiger partial charge in [0.25, 0.3) is 0 Å². The highest BCUT2D eigenvalue weighted by Crippen LogP contribution is 2.27. The molecular formula is C12H13ClN2O3. The number of halogens is 1. The quantitative estimate of drug-likeness (QED) is 0.872. The second kappa shape index (κ2) is 4.86. The molecule has 1 N–H and O–H groups in total. The van der Waals surface area contributed by atoms with Gasteiger partial charge < -0.3 is 14.9 Å². The first kappa shape index (κ1) is 12.7. The van der Waals surface area contributed by atoms with Crippen LogP contribution in [0.3, 0.4) is 0 Å². The number of carboxylic acid groups (broad SMARTS) is 1. The third-order valence-corrected chi connectivity index (χ3v) is 3.38. The van der Waals surface area contributed by atoms with Gasteiger partial charge in [-0.2, -0.15) is 0 Å². The molecule has 2 rings (SSSR count). The maximum absolute atomic E-state index is 11.8. The molecule has 18 heavy (non-hydrogen) atoms. The highest BCUT2D eigenvalue weighted by atomic mass is 35.5. The summed E-state index contributed by atoms with van der Waals surface area (Å²) in [7, 11) is 1.51. The Balaban J connectivity index is 2.28. The molecule has 1 aromatic carbocycles. The predicted octanol–water partition coefficient (Wildman–Crippen LogP) is 1.07. The number of aliphatic carboxylic acids is 1. The summed E-state index contributed by atoms with van der Waals surface area (Å²) in [5, 5.41) is 9.62. The lowest BCUT2D eigenvalue weighted by Crippen LogP contribution is -2.58. The Labute approximate surface area is 110 Å². The van der Waals surface area contributed by atoms with Crippen molar-refractivity contribution < 1.29 is 14.7 Å². The number of amides is 1. The molecule has 1 unspecified atom stereocenters. The SMILES string of the molecule is CN1C(=O)CN(c2ccccc2Cl)CC1C(=O)O. The summed E-state index contributed by atoms with van der Waals surface area (Å²) in [5.41, 5.74) is 0.687. The second-order valence-corrected chi connectivity index (χ2v) is 4.60. The number of carbonyl (C=O) groups is 2. The third kappa shape index (κ3) is 2.26. The third-order valence-electron chi connectivity index (χ3n) is 3.06. The smallest absolute Gasteiger partial charge is 0.328 e. The van der Waals surface area contributed by atoms with Crippen molar-refractivity contribution in [3.05, 3.63) is 29.3 Å². The minimum atomic E-state index is -1.01. The topological polar surface area (TPSA) is 60.9 Å². The van der Waals surface area contributed by atoms with E-state index < -0.39 is 12.0 Å². The minimum Gasteiger partial charge on any atom is -0.480 e. The van der Waals surface area contributed by atoms with Crippen molar-refractivity contribution >= 4 is 29.2 Å². The molecule has 96 valence electrons. The van der Waals surface area contributed by atoms with E-state index in [0.717, 1.165) is 0 Å². The van der Waals surface area contributed by atoms with Crippen LogP contribution in [0.2, 0.25) is 5.02 Å². The van der Waals surface area contributed by atoms with Crippen LogP contribution in [0.4, 0.5) is 5.69 Å². The van der Waals surface area contributed by atoms with E-state index in [-0.39, 0.29) is 19.0 Å². The van der Waals surface area contributed by atoms with Gasteiger partial charge in [0.2, 0.25) is 5.91 Å². The first-order valence-electron chi connectivity index (χ1n) is 5.48. The lowest BCUT2D eigenvalue weighted by molar-refractivity contribution is -0.149. The van der Waals surface area contributed by atoms with E-state index in [2.05, 4.69) is 0 Å². The van der Waals surface area contributed by atoms with Crippen LogP contribution in [-0.2, 0) is 9.59 Å². The van der Waals surface area contributed by atoms with Crippen molar-refractivity contribution in [3.63, 3.8) is 0 Å². The second-order valence-electron chi connectivity index (χ2n) is 4.19. The van der Waals surface area contributed by atoms with Crippen molar-refractivity contribution in [2.75, 3.05) is 25.0 Å². The van der Waals surface area contributed by atoms with Crippen LogP contribution in [0.5, 0.6) is 0 Å². The number of hydrogen-bond acceptors (Lipinski definition) is 3. The Hall–Kier alpha value is -1.75. The molecule has 0 aromatic heterocycles. The van der Waals surface area contributed by atoms with Crippen LogP contribution in [0.15, 0.2) is 24.3 Å². The summed E-state index contributed by atoms with van der Waals surface area (Å²) in [6.07, 6.45) is 0. The van der Waals surface area contributed by atoms with Gasteiger partial charge >= 0.3 is 5.97 Å². The van der Waals surface area contributed by atoms with Crippen LogP contribution >= 0.6 is 11.6 Å². The molecule has 1 amide bonds. The zero-order chi connectivity index (χ0) is 13.3. The standard InChI is InChI=1S/C12H13ClN2O3/c1-14-10(12(17)18)6-15(7-11(14)16)9-5-3-2-4-8(9)13/h2-5,10H,6-7H2,1H3,(H,17,18). The van der Waals surface area contributed by atoms with Crippen molar-refractivity contribution in [1.29, 1.82) is 0 Å². The largest absolute Gasteiger partial charge is 0.480 e. The molecule has 0 spiro atoms. The van der Waals surface area contributed by atoms with E-state index in [0.29, 0.717) is 10.7 Å². The zero-order valence-electron chi connectivity index (χ0n) is 9.84. The molecule has 1 aliphatic rings. The van der Waals surface area contributed by atoms with Crippen LogP contribution in [0, 0.1) is 0 Å². The molecule has 1 aliphatic heterocycles. The van der Waals surface area contributed by atoms with E-state index in [1.807, 2.05) is 0 Å². The summed E-state index contributed by atoms with van der Waals surface area (Å²) >= 11 is 6.05. The van der Waals surface area contributed by atoms with Crippen molar-refractivity contribution in [2.24, 2.45) is 0 Å². The first-order valence-corrected chi connectivity index (χ1v) is 5.86. The zero-order valence-corrected chi connectivity index (χ0v) is 10.6. The van der Waals surface area contributed by atoms with Crippen molar-refractivity contribution in [1.82, 2.24) is 4.90 Å². The molecule has 0 saturated carbocycles. The average molecular weight is 269 g/mol. The van der Waals surface area contributed by atoms with Gasteiger partial charge in [0, 0.05) is 13.6 Å². The Morgan fingerprint density at radius 1 is 1.44 bits per heavy atom. The molecule has 6 heteroatoms. The maximum atomic E-state index is 11.8. The van der Waals surface area contributed by atoms with E-state index in [9.17, 15) is 9.59 Å². The molecule has 0 aliphatic carbocycles. The van der Waals surface area contributed by atoms with Gasteiger partial charge in [-0.05, 0) is 12.1 Å². The van der Waals surface area contributed by atoms with Crippen LogP contribution < -0.4 is 4.90 Å². The van der Waals surface area contributed by atoms with Crippen LogP contribution in [0.1, 0.15) is 0 Å². The highest BCUT2D eigenvalue weighted by molar-refractivity contribution is 6.33. The van der Waals surface area contributed by atoms with E-state index >= 15 is 0 Å². The van der Waals surface area contributed by atoms with Crippen LogP contribution in [0.25, 0.3) is 0 Å². The van der Waals surface area contributed by atoms with Gasteiger partial charge in [-0.15, -0.1) is 0 Å². The van der Waals surface area contributed by atoms with Gasteiger partial charge in [-0.1, -0.05) is 23.7 Å². The lowest BCUT2D eigenvalue weighted by Gasteiger charge is -2.38. The van der Waals surface area contributed by atoms with Crippen LogP contribution in [-0.4, -0.2) is 48.1 Å². The molecule has 1 heterocycles. The number of para-hydroxylation sites is 1. The summed E-state index contributed by atoms with van der Waals surface area (Å²) in [4.78, 5) is 25.9. The van der Waals surface area contributed by atoms with Crippen molar-refractivity contribution in [3.8, 4) is 0 Å². The summed E-state index contributed by atoms with van der Waals surface area (Å²) < 4.78 is 0. The monoisotopic (exact) mass is 268 g/mol. The predicted molar refractivity (Wildman–Crippen MR) is 67.9 cm³/mol. The molecule has 0 radical (unpaired) electrons. The van der Waals surface area contributed by atoms with E-state index in [1.165, 1.54) is 11.9 Å². The van der Waals surface area contributed by atoms with Crippen molar-refractivity contribution in [2.45, 2.75) is 6.04 Å². The van der Waals surface area contributed by atoms with Gasteiger partial charge in [0.1, 0.15) is 6.04 Å². The molecular weight excluding hydrogens is 256 g/mol. The summed E-state index contributed by atoms with van der Waals surface area (Å²) in [6, 6.07) is 6.25. The van der Waals surface area contributed by atoms with Gasteiger partial charge in [-0.3, -0.25) is 4.79 Å². The fraction of sp³-hybridized carbons (Fsp3) is 0.333. The molecule has 1 fully saturated rings. The minimum absolute atomic E-state index is 0.143. The molecule has 1 saturated heterocycles. The fourth-order valence-electron chi connectivity index (χ4n) is 1.98. The fourth-order valence-corrected chi connectivity index (χ4v) is 2.24. The number of rotatable bonds is 2. The summed E-state index contributed by atoms with van der Waals surface area (Å²) in [6.45, 7) is 0.380. The number of piperazine rings is 1. The number of nitrogens with zero attached hydrogens (tertiary/aromatic N) is 2. The Bertz CT molecular complexity index is 492. The number of carboxylic acids is 1. The van der Waals surface area contributed by atoms with E-state index in [1.54, 1.807) is 29.2 Å². The lowest BCUT2D eigenvalue weighted by atomic mass is 10.1. The van der Waals surface area contributed by atoms with Gasteiger partial charge in [-0.25, -0.2) is 4.79 Å². The number of hydrogen-bond donors (Lipinski definition) is 1. The Morgan fingerprint density at radius 3 is 2.72 bits per heavy atom. The highest BCUT2D eigenvalue weighted by Gasteiger charge is 2.35. The molecule has 1 aromatic rings. The molecule has 1 atom stereocenters. The maximum Gasteiger partial charge on any atom is 0.328 e. The number of benzene rings is 1. The first-order chi connectivity index (χ1) is 8.50. The summed E-state index contributed by atoms with van der Waals surface area (Å²) in [5.74, 6) is -1.24. The van der Waals surface area contributed by atoms with Gasteiger partial charge in [0.05, 0.1) is 17.3 Å². The normalized spacial score (nSPS) is 20.1. The number of carbonyl (C=O) groups excluding carboxylic acids is 1. The Kier molecular flexibility index (Phi) is 3.43. The molecule has 5 nitrogen and oxygen atoms in total. The average Bonchev–Trinajstić information content (AvgIpc) is 2.33. The van der Waals surface area contributed by atoms with E-state index in [4.69, 9.17) is 16.7 Å².